The van der Waals surface area contributed by atoms with Crippen LogP contribution in [0, 0.1) is 11.3 Å². The molecule has 24 heavy (non-hydrogen) atoms. The minimum atomic E-state index is -0.363. The van der Waals surface area contributed by atoms with Crippen molar-refractivity contribution in [2.24, 2.45) is 0 Å². The van der Waals surface area contributed by atoms with Crippen molar-refractivity contribution in [1.29, 1.82) is 5.26 Å². The van der Waals surface area contributed by atoms with Crippen LogP contribution in [-0.4, -0.2) is 11.6 Å². The predicted octanol–water partition coefficient (Wildman–Crippen LogP) is 4.65. The summed E-state index contributed by atoms with van der Waals surface area (Å²) < 4.78 is 5.75. The number of unbranched alkanes of at least 4 members (excludes halogenated alkanes) is 5. The molecule has 0 aliphatic carbocycles. The molecule has 126 valence electrons. The first-order chi connectivity index (χ1) is 11.7. The molecule has 0 amide bonds. The molecular weight excluding hydrogens is 300 g/mol. The van der Waals surface area contributed by atoms with Crippen molar-refractivity contribution in [2.75, 3.05) is 6.61 Å². The molecule has 0 spiro atoms. The van der Waals surface area contributed by atoms with Crippen molar-refractivity contribution < 1.29 is 4.74 Å². The van der Waals surface area contributed by atoms with Gasteiger partial charge in [0, 0.05) is 5.69 Å². The van der Waals surface area contributed by atoms with Crippen LogP contribution >= 0.6 is 0 Å². The van der Waals surface area contributed by atoms with Crippen LogP contribution < -0.4 is 10.3 Å². The highest BCUT2D eigenvalue weighted by molar-refractivity contribution is 5.60. The number of H-pyrrole nitrogens is 1. The first-order valence-corrected chi connectivity index (χ1v) is 8.61. The van der Waals surface area contributed by atoms with Gasteiger partial charge in [0.2, 0.25) is 0 Å². The molecule has 0 aliphatic heterocycles. The Labute approximate surface area is 143 Å². The van der Waals surface area contributed by atoms with Crippen molar-refractivity contribution in [3.05, 3.63) is 52.3 Å². The summed E-state index contributed by atoms with van der Waals surface area (Å²) in [7, 11) is 0. The van der Waals surface area contributed by atoms with Crippen molar-refractivity contribution in [3.8, 4) is 23.1 Å². The topological polar surface area (TPSA) is 65.9 Å². The molecule has 0 radical (unpaired) electrons. The minimum Gasteiger partial charge on any atom is -0.494 e. The molecule has 0 unspecified atom stereocenters. The van der Waals surface area contributed by atoms with E-state index in [0.717, 1.165) is 24.3 Å². The Morgan fingerprint density at radius 2 is 1.71 bits per heavy atom. The zero-order valence-electron chi connectivity index (χ0n) is 14.2. The number of hydrogen-bond donors (Lipinski definition) is 1. The Hall–Kier alpha value is -2.54. The number of rotatable bonds is 9. The zero-order valence-corrected chi connectivity index (χ0v) is 14.2. The lowest BCUT2D eigenvalue weighted by Gasteiger charge is -2.07. The molecule has 1 aromatic carbocycles. The van der Waals surface area contributed by atoms with Crippen LogP contribution in [0.25, 0.3) is 11.3 Å². The van der Waals surface area contributed by atoms with E-state index in [2.05, 4.69) is 11.9 Å². The van der Waals surface area contributed by atoms with Gasteiger partial charge in [-0.1, -0.05) is 39.0 Å². The van der Waals surface area contributed by atoms with Crippen LogP contribution in [0.1, 0.15) is 51.0 Å². The average molecular weight is 324 g/mol. The molecule has 0 bridgehead atoms. The molecule has 4 heteroatoms. The molecule has 0 aliphatic rings. The van der Waals surface area contributed by atoms with E-state index in [-0.39, 0.29) is 11.1 Å². The summed E-state index contributed by atoms with van der Waals surface area (Å²) in [6.07, 6.45) is 7.47. The predicted molar refractivity (Wildman–Crippen MR) is 96.1 cm³/mol. The fourth-order valence-corrected chi connectivity index (χ4v) is 2.53. The van der Waals surface area contributed by atoms with Crippen molar-refractivity contribution in [2.45, 2.75) is 45.4 Å². The van der Waals surface area contributed by atoms with E-state index in [4.69, 9.17) is 10.00 Å². The summed E-state index contributed by atoms with van der Waals surface area (Å²) in [4.78, 5) is 14.4. The maximum Gasteiger partial charge on any atom is 0.266 e. The Bertz CT molecular complexity index is 727. The van der Waals surface area contributed by atoms with Gasteiger partial charge in [0.1, 0.15) is 17.4 Å². The minimum absolute atomic E-state index is 0.123. The van der Waals surface area contributed by atoms with Gasteiger partial charge in [-0.15, -0.1) is 0 Å². The van der Waals surface area contributed by atoms with Gasteiger partial charge in [0.15, 0.2) is 0 Å². The third-order valence-electron chi connectivity index (χ3n) is 3.96. The van der Waals surface area contributed by atoms with Gasteiger partial charge in [-0.05, 0) is 48.4 Å². The van der Waals surface area contributed by atoms with E-state index in [0.29, 0.717) is 5.69 Å². The first kappa shape index (κ1) is 17.8. The summed E-state index contributed by atoms with van der Waals surface area (Å²) in [5, 5.41) is 8.79. The van der Waals surface area contributed by atoms with Crippen molar-refractivity contribution >= 4 is 0 Å². The fraction of sp³-hybridized carbons (Fsp3) is 0.400. The van der Waals surface area contributed by atoms with Gasteiger partial charge in [-0.3, -0.25) is 4.79 Å². The number of nitriles is 1. The van der Waals surface area contributed by atoms with E-state index in [9.17, 15) is 4.79 Å². The summed E-state index contributed by atoms with van der Waals surface area (Å²) in [6.45, 7) is 2.96. The number of hydrogen-bond acceptors (Lipinski definition) is 3. The van der Waals surface area contributed by atoms with Crippen LogP contribution in [0.2, 0.25) is 0 Å². The molecule has 1 heterocycles. The van der Waals surface area contributed by atoms with Gasteiger partial charge in [-0.25, -0.2) is 0 Å². The molecule has 2 aromatic rings. The number of aromatic nitrogens is 1. The number of nitrogens with one attached hydrogen (secondary N) is 1. The molecule has 0 atom stereocenters. The Morgan fingerprint density at radius 1 is 1.00 bits per heavy atom. The second-order valence-electron chi connectivity index (χ2n) is 5.87. The Morgan fingerprint density at radius 3 is 2.38 bits per heavy atom. The second kappa shape index (κ2) is 9.57. The van der Waals surface area contributed by atoms with E-state index >= 15 is 0 Å². The molecule has 0 saturated heterocycles. The molecule has 2 rings (SSSR count). The summed E-state index contributed by atoms with van der Waals surface area (Å²) in [5.74, 6) is 0.836. The number of benzene rings is 1. The first-order valence-electron chi connectivity index (χ1n) is 8.61. The molecule has 0 fully saturated rings. The lowest BCUT2D eigenvalue weighted by atomic mass is 10.1. The van der Waals surface area contributed by atoms with Gasteiger partial charge in [-0.2, -0.15) is 5.26 Å². The number of aromatic amines is 1. The quantitative estimate of drug-likeness (QED) is 0.683. The summed E-state index contributed by atoms with van der Waals surface area (Å²) >= 11 is 0. The van der Waals surface area contributed by atoms with E-state index < -0.39 is 0 Å². The maximum absolute atomic E-state index is 11.7. The third-order valence-corrected chi connectivity index (χ3v) is 3.96. The van der Waals surface area contributed by atoms with Crippen LogP contribution in [-0.2, 0) is 0 Å². The van der Waals surface area contributed by atoms with Crippen LogP contribution in [0.3, 0.4) is 0 Å². The number of ether oxygens (including phenoxy) is 1. The Balaban J connectivity index is 1.84. The summed E-state index contributed by atoms with van der Waals surface area (Å²) in [6, 6.07) is 12.8. The lowest BCUT2D eigenvalue weighted by Crippen LogP contribution is -2.10. The molecule has 4 nitrogen and oxygen atoms in total. The highest BCUT2D eigenvalue weighted by Crippen LogP contribution is 2.20. The molecule has 1 N–H and O–H groups in total. The van der Waals surface area contributed by atoms with Crippen molar-refractivity contribution in [1.82, 2.24) is 4.98 Å². The van der Waals surface area contributed by atoms with Crippen LogP contribution in [0.5, 0.6) is 5.75 Å². The maximum atomic E-state index is 11.7. The molecule has 0 saturated carbocycles. The second-order valence-corrected chi connectivity index (χ2v) is 5.87. The Kier molecular flexibility index (Phi) is 7.10. The smallest absolute Gasteiger partial charge is 0.266 e. The SMILES string of the molecule is CCCCCCCCOc1ccc(-c2ccc(C#N)c(=O)[nH]2)cc1. The highest BCUT2D eigenvalue weighted by atomic mass is 16.5. The third kappa shape index (κ3) is 5.27. The van der Waals surface area contributed by atoms with E-state index in [1.165, 1.54) is 38.2 Å². The monoisotopic (exact) mass is 324 g/mol. The van der Waals surface area contributed by atoms with Gasteiger partial charge in [0.05, 0.1) is 6.61 Å². The standard InChI is InChI=1S/C20H24N2O2/c1-2-3-4-5-6-7-14-24-18-11-8-16(9-12-18)19-13-10-17(15-21)20(23)22-19/h8-13H,2-7,14H2,1H3,(H,22,23). The molecular formula is C20H24N2O2. The van der Waals surface area contributed by atoms with Gasteiger partial charge in [0.25, 0.3) is 5.56 Å². The zero-order chi connectivity index (χ0) is 17.2. The molecule has 1 aromatic heterocycles. The largest absolute Gasteiger partial charge is 0.494 e. The highest BCUT2D eigenvalue weighted by Gasteiger charge is 2.03. The van der Waals surface area contributed by atoms with E-state index in [1.54, 1.807) is 6.07 Å². The fourth-order valence-electron chi connectivity index (χ4n) is 2.53. The van der Waals surface area contributed by atoms with Crippen molar-refractivity contribution in [3.63, 3.8) is 0 Å². The lowest BCUT2D eigenvalue weighted by molar-refractivity contribution is 0.304. The number of nitrogens with zero attached hydrogens (tertiary/aromatic N) is 1. The average Bonchev–Trinajstić information content (AvgIpc) is 2.61. The summed E-state index contributed by atoms with van der Waals surface area (Å²) in [5.41, 5.74) is 1.35. The van der Waals surface area contributed by atoms with E-state index in [1.807, 2.05) is 30.3 Å². The van der Waals surface area contributed by atoms with Crippen LogP contribution in [0.4, 0.5) is 0 Å². The van der Waals surface area contributed by atoms with Crippen LogP contribution in [0.15, 0.2) is 41.2 Å². The van der Waals surface area contributed by atoms with Gasteiger partial charge >= 0.3 is 0 Å². The van der Waals surface area contributed by atoms with Gasteiger partial charge < -0.3 is 9.72 Å². The normalized spacial score (nSPS) is 10.3. The number of pyridine rings is 1.